The Balaban J connectivity index is 1.24. The third-order valence-electron chi connectivity index (χ3n) is 6.80. The number of benzene rings is 2. The number of hydrogen-bond donors (Lipinski definition) is 2. The van der Waals surface area contributed by atoms with E-state index in [1.54, 1.807) is 18.6 Å². The minimum Gasteiger partial charge on any atom is -0.470 e. The van der Waals surface area contributed by atoms with E-state index in [1.165, 1.54) is 6.07 Å². The average molecular weight is 538 g/mol. The van der Waals surface area contributed by atoms with E-state index >= 15 is 4.39 Å². The van der Waals surface area contributed by atoms with Gasteiger partial charge < -0.3 is 24.3 Å². The number of aliphatic hydroxyl groups is 1. The van der Waals surface area contributed by atoms with Crippen molar-refractivity contribution in [2.75, 3.05) is 25.7 Å². The molecule has 38 heavy (non-hydrogen) atoms. The summed E-state index contributed by atoms with van der Waals surface area (Å²) in [7, 11) is -2.24. The van der Waals surface area contributed by atoms with Crippen LogP contribution in [0.1, 0.15) is 5.56 Å². The van der Waals surface area contributed by atoms with Gasteiger partial charge >= 0.3 is 0 Å². The lowest BCUT2D eigenvalue weighted by Gasteiger charge is -2.16. The van der Waals surface area contributed by atoms with Gasteiger partial charge in [-0.15, -0.1) is 0 Å². The largest absolute Gasteiger partial charge is 0.470 e. The van der Waals surface area contributed by atoms with E-state index in [4.69, 9.17) is 14.2 Å². The fourth-order valence-corrected chi connectivity index (χ4v) is 5.69. The molecule has 10 heteroatoms. The van der Waals surface area contributed by atoms with Gasteiger partial charge in [-0.05, 0) is 35.7 Å². The lowest BCUT2D eigenvalue weighted by atomic mass is 9.98. The Labute approximate surface area is 220 Å². The van der Waals surface area contributed by atoms with Crippen molar-refractivity contribution in [1.82, 2.24) is 9.97 Å². The number of aliphatic hydroxyl groups excluding tert-OH is 1. The molecule has 2 aromatic carbocycles. The van der Waals surface area contributed by atoms with Crippen molar-refractivity contribution in [3.05, 3.63) is 66.0 Å². The number of fused-ring (bicyclic) bond motifs is 2. The normalized spacial score (nSPS) is 23.1. The number of nitrogens with one attached hydrogen (secondary N) is 1. The lowest BCUT2D eigenvalue weighted by molar-refractivity contribution is 0.00794. The summed E-state index contributed by atoms with van der Waals surface area (Å²) in [4.78, 5) is 7.62. The van der Waals surface area contributed by atoms with Crippen molar-refractivity contribution < 1.29 is 27.9 Å². The van der Waals surface area contributed by atoms with Gasteiger partial charge in [0, 0.05) is 39.9 Å². The van der Waals surface area contributed by atoms with Crippen LogP contribution in [-0.2, 0) is 19.2 Å². The number of ether oxygens (including phenoxy) is 3. The molecule has 0 unspecified atom stereocenters. The second-order valence-electron chi connectivity index (χ2n) is 10.1. The Morgan fingerprint density at radius 2 is 1.79 bits per heavy atom. The quantitative estimate of drug-likeness (QED) is 0.385. The molecule has 6 rings (SSSR count). The van der Waals surface area contributed by atoms with Crippen LogP contribution in [-0.4, -0.2) is 69.4 Å². The Morgan fingerprint density at radius 3 is 2.53 bits per heavy atom. The molecule has 2 aromatic heterocycles. The molecule has 2 saturated heterocycles. The monoisotopic (exact) mass is 537 g/mol. The lowest BCUT2D eigenvalue weighted by Crippen LogP contribution is -2.34. The maximum Gasteiger partial charge on any atom is 0.193 e. The van der Waals surface area contributed by atoms with Gasteiger partial charge in [0.1, 0.15) is 24.0 Å². The molecule has 8 nitrogen and oxygen atoms in total. The van der Waals surface area contributed by atoms with E-state index in [2.05, 4.69) is 14.3 Å². The fourth-order valence-electron chi connectivity index (χ4n) is 5.07. The first kappa shape index (κ1) is 25.0. The van der Waals surface area contributed by atoms with E-state index < -0.39 is 27.8 Å². The van der Waals surface area contributed by atoms with Gasteiger partial charge in [0.2, 0.25) is 0 Å². The highest BCUT2D eigenvalue weighted by atomic mass is 32.2. The van der Waals surface area contributed by atoms with Crippen LogP contribution in [0.2, 0.25) is 0 Å². The molecule has 2 aliphatic heterocycles. The Morgan fingerprint density at radius 1 is 1.05 bits per heavy atom. The van der Waals surface area contributed by atoms with Crippen LogP contribution in [0.3, 0.4) is 0 Å². The van der Waals surface area contributed by atoms with Crippen LogP contribution in [0.5, 0.6) is 5.88 Å². The number of nitrogens with zero attached hydrogens (tertiary/aromatic N) is 2. The van der Waals surface area contributed by atoms with Gasteiger partial charge in [-0.3, -0.25) is 0 Å². The molecule has 0 bridgehead atoms. The number of aromatic amines is 1. The van der Waals surface area contributed by atoms with Gasteiger partial charge in [0.15, 0.2) is 17.8 Å². The summed E-state index contributed by atoms with van der Waals surface area (Å²) in [5, 5.41) is 9.93. The third-order valence-corrected chi connectivity index (χ3v) is 7.45. The van der Waals surface area contributed by atoms with Gasteiger partial charge in [-0.1, -0.05) is 30.3 Å². The van der Waals surface area contributed by atoms with Crippen molar-refractivity contribution >= 4 is 26.4 Å². The summed E-state index contributed by atoms with van der Waals surface area (Å²) in [6.07, 6.45) is 1.45. The van der Waals surface area contributed by atoms with E-state index in [1.807, 2.05) is 49.4 Å². The number of hydrogen-bond acceptors (Lipinski definition) is 7. The van der Waals surface area contributed by atoms with Crippen LogP contribution in [0.4, 0.5) is 10.1 Å². The summed E-state index contributed by atoms with van der Waals surface area (Å²) < 4.78 is 48.6. The number of H-pyrrole nitrogens is 1. The highest BCUT2D eigenvalue weighted by Gasteiger charge is 2.48. The van der Waals surface area contributed by atoms with Crippen molar-refractivity contribution in [1.29, 1.82) is 0 Å². The van der Waals surface area contributed by atoms with Crippen molar-refractivity contribution in [3.63, 3.8) is 0 Å². The van der Waals surface area contributed by atoms with Crippen molar-refractivity contribution in [3.8, 4) is 28.3 Å². The highest BCUT2D eigenvalue weighted by Crippen LogP contribution is 2.33. The summed E-state index contributed by atoms with van der Waals surface area (Å²) in [5.41, 5.74) is 5.66. The van der Waals surface area contributed by atoms with Crippen LogP contribution >= 0.6 is 0 Å². The first-order chi connectivity index (χ1) is 18.1. The fraction of sp³-hybridized carbons (Fsp3) is 0.321. The van der Waals surface area contributed by atoms with Gasteiger partial charge in [-0.25, -0.2) is 13.6 Å². The molecule has 198 valence electrons. The molecule has 0 saturated carbocycles. The Kier molecular flexibility index (Phi) is 6.22. The summed E-state index contributed by atoms with van der Waals surface area (Å²) in [6.45, 7) is 2.50. The molecule has 2 fully saturated rings. The van der Waals surface area contributed by atoms with Crippen LogP contribution in [0, 0.1) is 12.7 Å². The second-order valence-corrected chi connectivity index (χ2v) is 12.6. The molecule has 2 aliphatic rings. The molecule has 4 atom stereocenters. The molecule has 0 amide bonds. The topological polar surface area (TPSA) is 106 Å². The maximum atomic E-state index is 15.1. The molecule has 2 N–H and O–H groups in total. The highest BCUT2D eigenvalue weighted by molar-refractivity contribution is 7.92. The molecule has 0 spiro atoms. The molecule has 0 aliphatic carbocycles. The zero-order chi connectivity index (χ0) is 26.6. The standard InChI is InChI=1S/C28H28FN3O5S/c1-15-10-18(32-38(2,3)34)8-9-19(15)16-4-6-17(7-5-16)26-20(29)11-21-22(31-26)12-25(30-21)37-24-14-36-27-23(33)13-35-28(24)27/h4-12,23-24,27-28,30,33H,13-14H2,1-3H3/t23-,24-,27-,28-/m1/s1. The zero-order valence-electron chi connectivity index (χ0n) is 21.2. The molecule has 0 radical (unpaired) electrons. The van der Waals surface area contributed by atoms with E-state index in [0.29, 0.717) is 34.8 Å². The minimum absolute atomic E-state index is 0.220. The molecule has 4 aromatic rings. The summed E-state index contributed by atoms with van der Waals surface area (Å²) in [6, 6.07) is 16.4. The SMILES string of the molecule is Cc1cc(N=S(C)(C)=O)ccc1-c1ccc(-c2nc3cc(O[C@@H]4CO[C@H]5[C@@H]4OC[C@H]5O)[nH]c3cc2F)cc1. The smallest absolute Gasteiger partial charge is 0.193 e. The Bertz CT molecular complexity index is 1640. The van der Waals surface area contributed by atoms with Gasteiger partial charge in [0.25, 0.3) is 0 Å². The number of pyridine rings is 1. The van der Waals surface area contributed by atoms with Gasteiger partial charge in [-0.2, -0.15) is 4.36 Å². The summed E-state index contributed by atoms with van der Waals surface area (Å²) in [5.74, 6) is -0.0127. The first-order valence-electron chi connectivity index (χ1n) is 12.3. The minimum atomic E-state index is -2.24. The average Bonchev–Trinajstić information content (AvgIpc) is 3.54. The Hall–Kier alpha value is -3.31. The predicted molar refractivity (Wildman–Crippen MR) is 144 cm³/mol. The maximum absolute atomic E-state index is 15.1. The zero-order valence-corrected chi connectivity index (χ0v) is 22.0. The second kappa shape index (κ2) is 9.46. The molecule has 4 heterocycles. The van der Waals surface area contributed by atoms with Crippen LogP contribution in [0.25, 0.3) is 33.4 Å². The number of halogens is 1. The van der Waals surface area contributed by atoms with E-state index in [-0.39, 0.29) is 24.5 Å². The third kappa shape index (κ3) is 4.80. The first-order valence-corrected chi connectivity index (χ1v) is 14.6. The van der Waals surface area contributed by atoms with Crippen LogP contribution in [0.15, 0.2) is 59.0 Å². The molecular weight excluding hydrogens is 509 g/mol. The predicted octanol–water partition coefficient (Wildman–Crippen LogP) is 4.61. The number of rotatable bonds is 5. The summed E-state index contributed by atoms with van der Waals surface area (Å²) >= 11 is 0. The van der Waals surface area contributed by atoms with Crippen LogP contribution < -0.4 is 4.74 Å². The van der Waals surface area contributed by atoms with E-state index in [9.17, 15) is 9.32 Å². The van der Waals surface area contributed by atoms with E-state index in [0.717, 1.165) is 16.7 Å². The number of aromatic nitrogens is 2. The van der Waals surface area contributed by atoms with Gasteiger partial charge in [0.05, 0.1) is 29.9 Å². The molecular formula is C28H28FN3O5S. The number of aryl methyl sites for hydroxylation is 1. The van der Waals surface area contributed by atoms with Crippen molar-refractivity contribution in [2.45, 2.75) is 31.3 Å². The van der Waals surface area contributed by atoms with Crippen molar-refractivity contribution in [2.24, 2.45) is 4.36 Å².